The number of nitrogens with zero attached hydrogens (tertiary/aromatic N) is 1. The van der Waals surface area contributed by atoms with Crippen molar-refractivity contribution in [3.63, 3.8) is 0 Å². The summed E-state index contributed by atoms with van der Waals surface area (Å²) in [7, 11) is 0. The van der Waals surface area contributed by atoms with Crippen molar-refractivity contribution in [3.8, 4) is 5.69 Å². The molecule has 19 heavy (non-hydrogen) atoms. The normalized spacial score (nSPS) is 11.1. The zero-order chi connectivity index (χ0) is 13.6. The molecule has 0 aliphatic rings. The molecule has 0 radical (unpaired) electrons. The van der Waals surface area contributed by atoms with Gasteiger partial charge in [0.05, 0.1) is 16.7 Å². The molecule has 3 N–H and O–H groups in total. The number of aromatic amines is 1. The van der Waals surface area contributed by atoms with Gasteiger partial charge in [0.15, 0.2) is 0 Å². The lowest BCUT2D eigenvalue weighted by atomic mass is 10.2. The number of halogens is 2. The predicted octanol–water partition coefficient (Wildman–Crippen LogP) is 2.18. The summed E-state index contributed by atoms with van der Waals surface area (Å²) in [6.07, 6.45) is 0. The van der Waals surface area contributed by atoms with Gasteiger partial charge in [-0.25, -0.2) is 13.6 Å². The van der Waals surface area contributed by atoms with E-state index in [4.69, 9.17) is 5.73 Å². The molecule has 4 nitrogen and oxygen atoms in total. The van der Waals surface area contributed by atoms with Crippen molar-refractivity contribution >= 4 is 16.7 Å². The Hall–Kier alpha value is -2.63. The fraction of sp³-hybridized carbons (Fsp3) is 0. The third kappa shape index (κ3) is 1.77. The summed E-state index contributed by atoms with van der Waals surface area (Å²) in [4.78, 5) is 14.5. The van der Waals surface area contributed by atoms with Crippen molar-refractivity contribution in [2.45, 2.75) is 0 Å². The highest BCUT2D eigenvalue weighted by Crippen LogP contribution is 2.20. The van der Waals surface area contributed by atoms with Crippen molar-refractivity contribution < 1.29 is 8.78 Å². The van der Waals surface area contributed by atoms with Gasteiger partial charge in [-0.3, -0.25) is 4.57 Å². The molecule has 0 fully saturated rings. The molecule has 3 aromatic rings. The van der Waals surface area contributed by atoms with Crippen LogP contribution in [0.2, 0.25) is 0 Å². The second-order valence-corrected chi connectivity index (χ2v) is 4.14. The van der Waals surface area contributed by atoms with Crippen LogP contribution in [0.25, 0.3) is 16.7 Å². The number of aromatic nitrogens is 2. The lowest BCUT2D eigenvalue weighted by molar-refractivity contribution is 0.577. The van der Waals surface area contributed by atoms with E-state index < -0.39 is 17.3 Å². The molecule has 6 heteroatoms. The van der Waals surface area contributed by atoms with Crippen LogP contribution in [-0.4, -0.2) is 9.55 Å². The smallest absolute Gasteiger partial charge is 0.331 e. The topological polar surface area (TPSA) is 63.8 Å². The summed E-state index contributed by atoms with van der Waals surface area (Å²) in [5, 5.41) is 0. The zero-order valence-electron chi connectivity index (χ0n) is 9.65. The number of nitrogens with two attached hydrogens (primary N) is 1. The molecule has 3 rings (SSSR count). The van der Waals surface area contributed by atoms with Gasteiger partial charge in [0.2, 0.25) is 0 Å². The van der Waals surface area contributed by atoms with E-state index in [0.717, 1.165) is 16.7 Å². The number of fused-ring (bicyclic) bond motifs is 1. The first-order chi connectivity index (χ1) is 9.06. The Morgan fingerprint density at radius 1 is 1.11 bits per heavy atom. The summed E-state index contributed by atoms with van der Waals surface area (Å²) in [6.45, 7) is 0. The number of nitrogen functional groups attached to an aromatic ring is 1. The van der Waals surface area contributed by atoms with Gasteiger partial charge >= 0.3 is 5.69 Å². The predicted molar refractivity (Wildman–Crippen MR) is 68.2 cm³/mol. The second kappa shape index (κ2) is 3.94. The molecule has 0 unspecified atom stereocenters. The Kier molecular flexibility index (Phi) is 2.38. The molecule has 1 aromatic heterocycles. The molecule has 0 bridgehead atoms. The molecule has 96 valence electrons. The van der Waals surface area contributed by atoms with E-state index in [-0.39, 0.29) is 5.69 Å². The highest BCUT2D eigenvalue weighted by molar-refractivity contribution is 5.80. The van der Waals surface area contributed by atoms with Crippen LogP contribution in [0.5, 0.6) is 0 Å². The van der Waals surface area contributed by atoms with Crippen LogP contribution in [0.15, 0.2) is 41.2 Å². The van der Waals surface area contributed by atoms with Crippen LogP contribution in [0.3, 0.4) is 0 Å². The minimum absolute atomic E-state index is 0.0116. The zero-order valence-corrected chi connectivity index (χ0v) is 9.65. The Bertz CT molecular complexity index is 836. The van der Waals surface area contributed by atoms with Crippen LogP contribution in [0.4, 0.5) is 14.5 Å². The molecule has 0 saturated carbocycles. The van der Waals surface area contributed by atoms with Crippen LogP contribution in [0.1, 0.15) is 0 Å². The van der Waals surface area contributed by atoms with Crippen molar-refractivity contribution in [2.24, 2.45) is 0 Å². The fourth-order valence-electron chi connectivity index (χ4n) is 2.03. The lowest BCUT2D eigenvalue weighted by Crippen LogP contribution is -2.15. The summed E-state index contributed by atoms with van der Waals surface area (Å²) in [6, 6.07) is 7.84. The maximum Gasteiger partial charge on any atom is 0.331 e. The van der Waals surface area contributed by atoms with Crippen molar-refractivity contribution in [3.05, 3.63) is 58.5 Å². The van der Waals surface area contributed by atoms with E-state index in [9.17, 15) is 13.6 Å². The number of rotatable bonds is 1. The largest absolute Gasteiger partial charge is 0.399 e. The van der Waals surface area contributed by atoms with E-state index in [1.165, 1.54) is 6.07 Å². The molecule has 0 amide bonds. The summed E-state index contributed by atoms with van der Waals surface area (Å²) >= 11 is 0. The third-order valence-corrected chi connectivity index (χ3v) is 2.86. The quantitative estimate of drug-likeness (QED) is 0.659. The van der Waals surface area contributed by atoms with Gasteiger partial charge < -0.3 is 10.7 Å². The highest BCUT2D eigenvalue weighted by atomic mass is 19.1. The minimum Gasteiger partial charge on any atom is -0.399 e. The first-order valence-corrected chi connectivity index (χ1v) is 5.52. The first-order valence-electron chi connectivity index (χ1n) is 5.52. The van der Waals surface area contributed by atoms with Crippen molar-refractivity contribution in [1.82, 2.24) is 9.55 Å². The van der Waals surface area contributed by atoms with Gasteiger partial charge in [0.1, 0.15) is 11.6 Å². The molecular formula is C13H9F2N3O. The van der Waals surface area contributed by atoms with Gasteiger partial charge in [-0.1, -0.05) is 0 Å². The summed E-state index contributed by atoms with van der Waals surface area (Å²) in [5.41, 5.74) is 6.55. The van der Waals surface area contributed by atoms with Gasteiger partial charge in [0.25, 0.3) is 0 Å². The fourth-order valence-corrected chi connectivity index (χ4v) is 2.03. The van der Waals surface area contributed by atoms with E-state index in [2.05, 4.69) is 4.98 Å². The van der Waals surface area contributed by atoms with Crippen LogP contribution in [0, 0.1) is 11.6 Å². The Balaban J connectivity index is 2.36. The highest BCUT2D eigenvalue weighted by Gasteiger charge is 2.13. The van der Waals surface area contributed by atoms with Crippen LogP contribution < -0.4 is 11.4 Å². The first kappa shape index (κ1) is 11.5. The molecule has 0 aliphatic heterocycles. The van der Waals surface area contributed by atoms with E-state index in [1.807, 2.05) is 0 Å². The van der Waals surface area contributed by atoms with Gasteiger partial charge in [-0.15, -0.1) is 0 Å². The number of hydrogen-bond acceptors (Lipinski definition) is 2. The Labute approximate surface area is 106 Å². The standard InChI is InChI=1S/C13H9F2N3O/c14-7-1-3-11(9(15)5-7)18-12-4-2-8(16)6-10(12)17-13(18)19/h1-6H,16H2,(H,17,19). The number of benzene rings is 2. The lowest BCUT2D eigenvalue weighted by Gasteiger charge is -2.05. The monoisotopic (exact) mass is 261 g/mol. The molecule has 1 heterocycles. The average molecular weight is 261 g/mol. The molecule has 2 aromatic carbocycles. The molecule has 0 aliphatic carbocycles. The third-order valence-electron chi connectivity index (χ3n) is 2.86. The minimum atomic E-state index is -0.806. The molecular weight excluding hydrogens is 252 g/mol. The maximum absolute atomic E-state index is 13.8. The number of nitrogens with one attached hydrogen (secondary N) is 1. The SMILES string of the molecule is Nc1ccc2c(c1)[nH]c(=O)n2-c1ccc(F)cc1F. The van der Waals surface area contributed by atoms with Crippen molar-refractivity contribution in [2.75, 3.05) is 5.73 Å². The molecule has 0 atom stereocenters. The molecule has 0 saturated heterocycles. The van der Waals surface area contributed by atoms with E-state index in [1.54, 1.807) is 18.2 Å². The number of H-pyrrole nitrogens is 1. The summed E-state index contributed by atoms with van der Waals surface area (Å²) < 4.78 is 27.8. The van der Waals surface area contributed by atoms with Crippen LogP contribution >= 0.6 is 0 Å². The second-order valence-electron chi connectivity index (χ2n) is 4.14. The molecule has 0 spiro atoms. The number of imidazole rings is 1. The van der Waals surface area contributed by atoms with Gasteiger partial charge in [-0.2, -0.15) is 0 Å². The van der Waals surface area contributed by atoms with Gasteiger partial charge in [-0.05, 0) is 30.3 Å². The van der Waals surface area contributed by atoms with E-state index >= 15 is 0 Å². The van der Waals surface area contributed by atoms with Crippen LogP contribution in [-0.2, 0) is 0 Å². The number of anilines is 1. The Morgan fingerprint density at radius 3 is 2.63 bits per heavy atom. The van der Waals surface area contributed by atoms with E-state index in [0.29, 0.717) is 16.7 Å². The number of hydrogen-bond donors (Lipinski definition) is 2. The average Bonchev–Trinajstić information content (AvgIpc) is 2.65. The maximum atomic E-state index is 13.8. The van der Waals surface area contributed by atoms with Crippen molar-refractivity contribution in [1.29, 1.82) is 0 Å². The Morgan fingerprint density at radius 2 is 1.89 bits per heavy atom. The van der Waals surface area contributed by atoms with Gasteiger partial charge in [0, 0.05) is 11.8 Å². The summed E-state index contributed by atoms with van der Waals surface area (Å²) in [5.74, 6) is -1.50.